The highest BCUT2D eigenvalue weighted by molar-refractivity contribution is 5.94. The number of anilines is 1. The lowest BCUT2D eigenvalue weighted by atomic mass is 10.1. The average molecular weight is 353 g/mol. The summed E-state index contributed by atoms with van der Waals surface area (Å²) >= 11 is 0. The van der Waals surface area contributed by atoms with E-state index in [4.69, 9.17) is 10.5 Å². The molecule has 4 nitrogen and oxygen atoms in total. The lowest BCUT2D eigenvalue weighted by molar-refractivity contribution is -0.117. The molecule has 2 aromatic rings. The molecule has 0 radical (unpaired) electrons. The van der Waals surface area contributed by atoms with Crippen LogP contribution in [0, 0.1) is 5.82 Å². The maximum Gasteiger partial charge on any atom is 0.241 e. The van der Waals surface area contributed by atoms with E-state index in [1.165, 1.54) is 12.1 Å². The molecule has 0 saturated heterocycles. The molecule has 1 amide bonds. The number of hydrogen-bond donors (Lipinski definition) is 2. The second-order valence-electron chi connectivity index (χ2n) is 5.33. The SMILES string of the molecule is CCCC(N)C(=O)Nc1cccc(OCc2cccc(F)c2)c1.Cl. The van der Waals surface area contributed by atoms with E-state index in [1.807, 2.05) is 6.92 Å². The van der Waals surface area contributed by atoms with Crippen molar-refractivity contribution in [1.29, 1.82) is 0 Å². The van der Waals surface area contributed by atoms with Crippen LogP contribution in [0.1, 0.15) is 25.3 Å². The molecule has 2 aromatic carbocycles. The van der Waals surface area contributed by atoms with Crippen LogP contribution < -0.4 is 15.8 Å². The molecule has 0 aromatic heterocycles. The Labute approximate surface area is 147 Å². The summed E-state index contributed by atoms with van der Waals surface area (Å²) < 4.78 is 18.8. The van der Waals surface area contributed by atoms with E-state index in [0.29, 0.717) is 17.9 Å². The molecule has 0 heterocycles. The van der Waals surface area contributed by atoms with Gasteiger partial charge in [-0.2, -0.15) is 0 Å². The fourth-order valence-electron chi connectivity index (χ4n) is 2.13. The quantitative estimate of drug-likeness (QED) is 0.794. The second kappa shape index (κ2) is 9.90. The summed E-state index contributed by atoms with van der Waals surface area (Å²) in [4.78, 5) is 11.9. The highest BCUT2D eigenvalue weighted by atomic mass is 35.5. The molecule has 0 aliphatic carbocycles. The molecule has 0 aliphatic heterocycles. The van der Waals surface area contributed by atoms with Gasteiger partial charge in [-0.05, 0) is 36.2 Å². The van der Waals surface area contributed by atoms with E-state index in [1.54, 1.807) is 36.4 Å². The maximum absolute atomic E-state index is 13.1. The minimum atomic E-state index is -0.517. The first-order valence-electron chi connectivity index (χ1n) is 7.62. The van der Waals surface area contributed by atoms with Crippen molar-refractivity contribution >= 4 is 24.0 Å². The summed E-state index contributed by atoms with van der Waals surface area (Å²) in [5, 5.41) is 2.77. The average Bonchev–Trinajstić information content (AvgIpc) is 2.53. The maximum atomic E-state index is 13.1. The fourth-order valence-corrected chi connectivity index (χ4v) is 2.13. The first-order chi connectivity index (χ1) is 11.1. The summed E-state index contributed by atoms with van der Waals surface area (Å²) in [6.45, 7) is 2.23. The standard InChI is InChI=1S/C18H21FN2O2.ClH/c1-2-5-17(20)18(22)21-15-8-4-9-16(11-15)23-12-13-6-3-7-14(19)10-13;/h3-4,6-11,17H,2,5,12,20H2,1H3,(H,21,22);1H. The smallest absolute Gasteiger partial charge is 0.241 e. The number of amides is 1. The number of carbonyl (C=O) groups excluding carboxylic acids is 1. The Morgan fingerprint density at radius 1 is 1.25 bits per heavy atom. The molecule has 0 fully saturated rings. The minimum Gasteiger partial charge on any atom is -0.489 e. The van der Waals surface area contributed by atoms with Crippen molar-refractivity contribution in [3.63, 3.8) is 0 Å². The zero-order chi connectivity index (χ0) is 16.7. The number of carbonyl (C=O) groups is 1. The van der Waals surface area contributed by atoms with Crippen LogP contribution in [-0.2, 0) is 11.4 Å². The third-order valence-corrected chi connectivity index (χ3v) is 3.33. The van der Waals surface area contributed by atoms with E-state index in [2.05, 4.69) is 5.32 Å². The van der Waals surface area contributed by atoms with Crippen molar-refractivity contribution in [3.05, 3.63) is 59.9 Å². The molecular formula is C18H22ClFN2O2. The van der Waals surface area contributed by atoms with E-state index >= 15 is 0 Å². The number of halogens is 2. The van der Waals surface area contributed by atoms with E-state index < -0.39 is 6.04 Å². The fraction of sp³-hybridized carbons (Fsp3) is 0.278. The Kier molecular flexibility index (Phi) is 8.22. The van der Waals surface area contributed by atoms with Gasteiger partial charge in [0, 0.05) is 11.8 Å². The lowest BCUT2D eigenvalue weighted by Crippen LogP contribution is -2.35. The number of rotatable bonds is 7. The molecule has 130 valence electrons. The first kappa shape index (κ1) is 19.9. The minimum absolute atomic E-state index is 0. The predicted molar refractivity (Wildman–Crippen MR) is 95.9 cm³/mol. The number of ether oxygens (including phenoxy) is 1. The van der Waals surface area contributed by atoms with Crippen LogP contribution in [0.25, 0.3) is 0 Å². The molecular weight excluding hydrogens is 331 g/mol. The highest BCUT2D eigenvalue weighted by Gasteiger charge is 2.12. The molecule has 0 spiro atoms. The predicted octanol–water partition coefficient (Wildman–Crippen LogP) is 3.89. The summed E-state index contributed by atoms with van der Waals surface area (Å²) in [6, 6.07) is 12.8. The Bertz CT molecular complexity index is 667. The second-order valence-corrected chi connectivity index (χ2v) is 5.33. The number of nitrogens with two attached hydrogens (primary N) is 1. The molecule has 24 heavy (non-hydrogen) atoms. The van der Waals surface area contributed by atoms with E-state index in [0.717, 1.165) is 12.0 Å². The molecule has 0 aliphatic rings. The molecule has 1 unspecified atom stereocenters. The summed E-state index contributed by atoms with van der Waals surface area (Å²) in [7, 11) is 0. The van der Waals surface area contributed by atoms with Crippen LogP contribution in [0.3, 0.4) is 0 Å². The Morgan fingerprint density at radius 2 is 2.00 bits per heavy atom. The van der Waals surface area contributed by atoms with Gasteiger partial charge in [0.05, 0.1) is 6.04 Å². The molecule has 0 bridgehead atoms. The Balaban J connectivity index is 0.00000288. The van der Waals surface area contributed by atoms with Crippen LogP contribution in [0.4, 0.5) is 10.1 Å². The highest BCUT2D eigenvalue weighted by Crippen LogP contribution is 2.19. The lowest BCUT2D eigenvalue weighted by Gasteiger charge is -2.12. The van der Waals surface area contributed by atoms with Crippen molar-refractivity contribution < 1.29 is 13.9 Å². The summed E-state index contributed by atoms with van der Waals surface area (Å²) in [5.74, 6) is 0.0854. The molecule has 0 saturated carbocycles. The van der Waals surface area contributed by atoms with Gasteiger partial charge < -0.3 is 15.8 Å². The number of hydrogen-bond acceptors (Lipinski definition) is 3. The Morgan fingerprint density at radius 3 is 2.71 bits per heavy atom. The van der Waals surface area contributed by atoms with Gasteiger partial charge in [-0.3, -0.25) is 4.79 Å². The number of nitrogens with one attached hydrogen (secondary N) is 1. The van der Waals surface area contributed by atoms with E-state index in [9.17, 15) is 9.18 Å². The zero-order valence-corrected chi connectivity index (χ0v) is 14.3. The van der Waals surface area contributed by atoms with Crippen LogP contribution >= 0.6 is 12.4 Å². The van der Waals surface area contributed by atoms with Crippen molar-refractivity contribution in [3.8, 4) is 5.75 Å². The summed E-state index contributed by atoms with van der Waals surface area (Å²) in [5.41, 5.74) is 7.15. The molecule has 6 heteroatoms. The van der Waals surface area contributed by atoms with Gasteiger partial charge in [0.2, 0.25) is 5.91 Å². The zero-order valence-electron chi connectivity index (χ0n) is 13.5. The largest absolute Gasteiger partial charge is 0.489 e. The third kappa shape index (κ3) is 6.18. The van der Waals surface area contributed by atoms with Gasteiger partial charge in [-0.1, -0.05) is 31.5 Å². The molecule has 1 atom stereocenters. The van der Waals surface area contributed by atoms with Crippen molar-refractivity contribution in [2.45, 2.75) is 32.4 Å². The normalized spacial score (nSPS) is 11.3. The van der Waals surface area contributed by atoms with Gasteiger partial charge in [-0.25, -0.2) is 4.39 Å². The van der Waals surface area contributed by atoms with Crippen molar-refractivity contribution in [1.82, 2.24) is 0 Å². The van der Waals surface area contributed by atoms with Crippen LogP contribution in [-0.4, -0.2) is 11.9 Å². The van der Waals surface area contributed by atoms with Crippen LogP contribution in [0.15, 0.2) is 48.5 Å². The van der Waals surface area contributed by atoms with Crippen molar-refractivity contribution in [2.24, 2.45) is 5.73 Å². The summed E-state index contributed by atoms with van der Waals surface area (Å²) in [6.07, 6.45) is 1.49. The van der Waals surface area contributed by atoms with Gasteiger partial charge in [-0.15, -0.1) is 12.4 Å². The number of benzene rings is 2. The monoisotopic (exact) mass is 352 g/mol. The topological polar surface area (TPSA) is 64.4 Å². The first-order valence-corrected chi connectivity index (χ1v) is 7.62. The van der Waals surface area contributed by atoms with Crippen LogP contribution in [0.2, 0.25) is 0 Å². The van der Waals surface area contributed by atoms with Gasteiger partial charge in [0.1, 0.15) is 18.2 Å². The van der Waals surface area contributed by atoms with E-state index in [-0.39, 0.29) is 30.7 Å². The molecule has 3 N–H and O–H groups in total. The van der Waals surface area contributed by atoms with Gasteiger partial charge in [0.15, 0.2) is 0 Å². The third-order valence-electron chi connectivity index (χ3n) is 3.33. The molecule has 2 rings (SSSR count). The Hall–Kier alpha value is -2.11. The van der Waals surface area contributed by atoms with Crippen LogP contribution in [0.5, 0.6) is 5.75 Å². The van der Waals surface area contributed by atoms with Gasteiger partial charge in [0.25, 0.3) is 0 Å². The van der Waals surface area contributed by atoms with Gasteiger partial charge >= 0.3 is 0 Å². The van der Waals surface area contributed by atoms with Crippen molar-refractivity contribution in [2.75, 3.05) is 5.32 Å².